The molecule has 0 saturated heterocycles. The van der Waals surface area contributed by atoms with Gasteiger partial charge in [-0.2, -0.15) is 0 Å². The van der Waals surface area contributed by atoms with Crippen LogP contribution >= 0.6 is 11.8 Å². The number of aldehydes is 1. The third-order valence-electron chi connectivity index (χ3n) is 2.36. The molecule has 2 rings (SSSR count). The molecule has 0 bridgehead atoms. The van der Waals surface area contributed by atoms with E-state index in [0.29, 0.717) is 12.2 Å². The van der Waals surface area contributed by atoms with Gasteiger partial charge in [-0.1, -0.05) is 30.3 Å². The molecule has 18 heavy (non-hydrogen) atoms. The summed E-state index contributed by atoms with van der Waals surface area (Å²) in [5, 5.41) is 0. The zero-order chi connectivity index (χ0) is 12.6. The first-order valence-electron chi connectivity index (χ1n) is 5.74. The fraction of sp³-hybridized carbons (Fsp3) is 0.133. The number of thioether (sulfide) groups is 1. The van der Waals surface area contributed by atoms with E-state index in [1.807, 2.05) is 30.3 Å². The molecule has 0 fully saturated rings. The summed E-state index contributed by atoms with van der Waals surface area (Å²) in [5.74, 6) is 1.63. The molecule has 0 spiro atoms. The van der Waals surface area contributed by atoms with Crippen LogP contribution in [0.4, 0.5) is 0 Å². The Morgan fingerprint density at radius 2 is 1.89 bits per heavy atom. The molecule has 0 aliphatic carbocycles. The van der Waals surface area contributed by atoms with E-state index < -0.39 is 0 Å². The van der Waals surface area contributed by atoms with Crippen LogP contribution in [0.15, 0.2) is 59.5 Å². The second-order valence-electron chi connectivity index (χ2n) is 3.70. The minimum absolute atomic E-state index is 0.627. The molecule has 0 aliphatic rings. The molecule has 2 aromatic rings. The Labute approximate surface area is 111 Å². The van der Waals surface area contributed by atoms with Gasteiger partial charge in [-0.15, -0.1) is 11.8 Å². The number of hydrogen-bond donors (Lipinski definition) is 0. The van der Waals surface area contributed by atoms with Gasteiger partial charge in [-0.3, -0.25) is 4.79 Å². The van der Waals surface area contributed by atoms with Crippen molar-refractivity contribution in [2.75, 3.05) is 12.4 Å². The second kappa shape index (κ2) is 6.87. The number of rotatable bonds is 6. The molecule has 0 unspecified atom stereocenters. The summed E-state index contributed by atoms with van der Waals surface area (Å²) < 4.78 is 5.59. The zero-order valence-electron chi connectivity index (χ0n) is 9.91. The molecular weight excluding hydrogens is 244 g/mol. The number of carbonyl (C=O) groups excluding carboxylic acids is 1. The fourth-order valence-electron chi connectivity index (χ4n) is 1.51. The Hall–Kier alpha value is -1.74. The van der Waals surface area contributed by atoms with Crippen LogP contribution in [0.2, 0.25) is 0 Å². The summed E-state index contributed by atoms with van der Waals surface area (Å²) in [4.78, 5) is 11.9. The summed E-state index contributed by atoms with van der Waals surface area (Å²) >= 11 is 1.76. The van der Waals surface area contributed by atoms with Crippen molar-refractivity contribution in [3.05, 3.63) is 60.2 Å². The topological polar surface area (TPSA) is 26.3 Å². The van der Waals surface area contributed by atoms with Gasteiger partial charge < -0.3 is 4.74 Å². The van der Waals surface area contributed by atoms with Gasteiger partial charge in [-0.05, 0) is 24.3 Å². The van der Waals surface area contributed by atoms with E-state index in [2.05, 4.69) is 12.1 Å². The Balaban J connectivity index is 1.76. The number of benzene rings is 2. The lowest BCUT2D eigenvalue weighted by Crippen LogP contribution is -2.00. The van der Waals surface area contributed by atoms with Gasteiger partial charge in [0.1, 0.15) is 12.0 Å². The van der Waals surface area contributed by atoms with Crippen LogP contribution in [0.25, 0.3) is 0 Å². The van der Waals surface area contributed by atoms with Crippen LogP contribution in [0, 0.1) is 0 Å². The van der Waals surface area contributed by atoms with Crippen LogP contribution < -0.4 is 4.74 Å². The van der Waals surface area contributed by atoms with Crippen molar-refractivity contribution in [3.63, 3.8) is 0 Å². The quantitative estimate of drug-likeness (QED) is 0.449. The second-order valence-corrected chi connectivity index (χ2v) is 4.87. The minimum atomic E-state index is 0.627. The minimum Gasteiger partial charge on any atom is -0.493 e. The highest BCUT2D eigenvalue weighted by atomic mass is 32.2. The van der Waals surface area contributed by atoms with Gasteiger partial charge in [0.2, 0.25) is 0 Å². The predicted octanol–water partition coefficient (Wildman–Crippen LogP) is 3.67. The summed E-state index contributed by atoms with van der Waals surface area (Å²) in [6, 6.07) is 17.4. The Kier molecular flexibility index (Phi) is 4.85. The van der Waals surface area contributed by atoms with Crippen LogP contribution in [0.1, 0.15) is 10.4 Å². The summed E-state index contributed by atoms with van der Waals surface area (Å²) in [5.41, 5.74) is 0.642. The summed E-state index contributed by atoms with van der Waals surface area (Å²) in [6.07, 6.45) is 0.825. The van der Waals surface area contributed by atoms with E-state index in [-0.39, 0.29) is 0 Å². The highest BCUT2D eigenvalue weighted by Crippen LogP contribution is 2.17. The van der Waals surface area contributed by atoms with Gasteiger partial charge in [0, 0.05) is 16.2 Å². The molecule has 0 N–H and O–H groups in total. The van der Waals surface area contributed by atoms with Crippen LogP contribution in [-0.2, 0) is 0 Å². The van der Waals surface area contributed by atoms with E-state index in [9.17, 15) is 4.79 Å². The largest absolute Gasteiger partial charge is 0.493 e. The average molecular weight is 258 g/mol. The highest BCUT2D eigenvalue weighted by molar-refractivity contribution is 7.99. The van der Waals surface area contributed by atoms with Crippen LogP contribution in [0.3, 0.4) is 0 Å². The number of carbonyl (C=O) groups is 1. The maximum atomic E-state index is 10.6. The highest BCUT2D eigenvalue weighted by Gasteiger charge is 1.97. The monoisotopic (exact) mass is 258 g/mol. The molecule has 92 valence electrons. The van der Waals surface area contributed by atoms with Crippen molar-refractivity contribution in [3.8, 4) is 5.75 Å². The van der Waals surface area contributed by atoms with E-state index >= 15 is 0 Å². The first kappa shape index (κ1) is 12.7. The molecule has 0 aromatic heterocycles. The van der Waals surface area contributed by atoms with Crippen molar-refractivity contribution < 1.29 is 9.53 Å². The van der Waals surface area contributed by atoms with Crippen molar-refractivity contribution in [1.82, 2.24) is 0 Å². The molecular formula is C15H14O2S. The molecule has 0 radical (unpaired) electrons. The molecule has 3 heteroatoms. The molecule has 0 amide bonds. The van der Waals surface area contributed by atoms with Crippen LogP contribution in [0.5, 0.6) is 5.75 Å². The molecule has 2 nitrogen and oxygen atoms in total. The van der Waals surface area contributed by atoms with E-state index in [0.717, 1.165) is 17.8 Å². The Morgan fingerprint density at radius 1 is 1.06 bits per heavy atom. The Bertz CT molecular complexity index is 497. The van der Waals surface area contributed by atoms with E-state index in [4.69, 9.17) is 4.74 Å². The van der Waals surface area contributed by atoms with Crippen molar-refractivity contribution in [2.24, 2.45) is 0 Å². The lowest BCUT2D eigenvalue weighted by molar-refractivity contribution is 0.112. The number of ether oxygens (including phenoxy) is 1. The molecule has 0 aliphatic heterocycles. The summed E-state index contributed by atoms with van der Waals surface area (Å²) in [6.45, 7) is 0.627. The SMILES string of the molecule is O=Cc1cccc(OCCSc2ccccc2)c1. The third-order valence-corrected chi connectivity index (χ3v) is 3.33. The zero-order valence-corrected chi connectivity index (χ0v) is 10.7. The first-order chi connectivity index (χ1) is 8.88. The third kappa shape index (κ3) is 3.93. The maximum absolute atomic E-state index is 10.6. The van der Waals surface area contributed by atoms with Gasteiger partial charge in [-0.25, -0.2) is 0 Å². The number of hydrogen-bond acceptors (Lipinski definition) is 3. The average Bonchev–Trinajstić information content (AvgIpc) is 2.45. The Morgan fingerprint density at radius 3 is 2.67 bits per heavy atom. The van der Waals surface area contributed by atoms with Crippen molar-refractivity contribution >= 4 is 18.0 Å². The van der Waals surface area contributed by atoms with Crippen LogP contribution in [-0.4, -0.2) is 18.6 Å². The van der Waals surface area contributed by atoms with E-state index in [1.54, 1.807) is 23.9 Å². The normalized spacial score (nSPS) is 10.0. The van der Waals surface area contributed by atoms with Gasteiger partial charge in [0.05, 0.1) is 6.61 Å². The lowest BCUT2D eigenvalue weighted by atomic mass is 10.2. The van der Waals surface area contributed by atoms with E-state index in [1.165, 1.54) is 4.90 Å². The van der Waals surface area contributed by atoms with Gasteiger partial charge >= 0.3 is 0 Å². The fourth-order valence-corrected chi connectivity index (χ4v) is 2.27. The summed E-state index contributed by atoms with van der Waals surface area (Å²) in [7, 11) is 0. The standard InChI is InChI=1S/C15H14O2S/c16-12-13-5-4-6-14(11-13)17-9-10-18-15-7-2-1-3-8-15/h1-8,11-12H,9-10H2. The van der Waals surface area contributed by atoms with Crippen molar-refractivity contribution in [1.29, 1.82) is 0 Å². The predicted molar refractivity (Wildman–Crippen MR) is 74.5 cm³/mol. The maximum Gasteiger partial charge on any atom is 0.150 e. The molecule has 2 aromatic carbocycles. The van der Waals surface area contributed by atoms with Crippen molar-refractivity contribution in [2.45, 2.75) is 4.90 Å². The molecule has 0 heterocycles. The first-order valence-corrected chi connectivity index (χ1v) is 6.73. The van der Waals surface area contributed by atoms with Gasteiger partial charge in [0.25, 0.3) is 0 Å². The van der Waals surface area contributed by atoms with Gasteiger partial charge in [0.15, 0.2) is 0 Å². The molecule has 0 atom stereocenters. The molecule has 0 saturated carbocycles. The smallest absolute Gasteiger partial charge is 0.150 e. The lowest BCUT2D eigenvalue weighted by Gasteiger charge is -2.06.